The fourth-order valence-electron chi connectivity index (χ4n) is 2.03. The maximum atomic E-state index is 13.8. The minimum absolute atomic E-state index is 0.264. The summed E-state index contributed by atoms with van der Waals surface area (Å²) >= 11 is 0. The van der Waals surface area contributed by atoms with Crippen LogP contribution in [0.5, 0.6) is 0 Å². The van der Waals surface area contributed by atoms with E-state index < -0.39 is 30.0 Å². The molecule has 0 aliphatic carbocycles. The summed E-state index contributed by atoms with van der Waals surface area (Å²) in [6.07, 6.45) is 0.0259. The molecular formula is C14H22F2N2O4. The first-order chi connectivity index (χ1) is 10.2. The number of allylic oxidation sites excluding steroid dienone is 1. The van der Waals surface area contributed by atoms with E-state index in [0.29, 0.717) is 32.4 Å². The highest BCUT2D eigenvalue weighted by atomic mass is 19.3. The maximum Gasteiger partial charge on any atom is 0.354 e. The summed E-state index contributed by atoms with van der Waals surface area (Å²) in [4.78, 5) is 25.0. The number of hydrogen-bond acceptors (Lipinski definition) is 4. The van der Waals surface area contributed by atoms with E-state index in [-0.39, 0.29) is 5.92 Å². The molecule has 1 aliphatic heterocycles. The van der Waals surface area contributed by atoms with Gasteiger partial charge in [-0.15, -0.1) is 0 Å². The van der Waals surface area contributed by atoms with Crippen molar-refractivity contribution in [3.63, 3.8) is 0 Å². The average molecular weight is 320 g/mol. The van der Waals surface area contributed by atoms with E-state index in [4.69, 9.17) is 4.74 Å². The second-order valence-electron chi connectivity index (χ2n) is 5.44. The Morgan fingerprint density at radius 1 is 1.36 bits per heavy atom. The molecule has 0 spiro atoms. The molecule has 1 saturated heterocycles. The maximum absolute atomic E-state index is 13.8. The number of hydrogen-bond donors (Lipinski definition) is 1. The molecule has 0 atom stereocenters. The lowest BCUT2D eigenvalue weighted by Gasteiger charge is -2.27. The van der Waals surface area contributed by atoms with E-state index in [1.54, 1.807) is 13.8 Å². The standard InChI is InChI=1S/C14H22F2N2O4/c1-10(2)8-14(15,16)9-11(12(19)21-3)17-13(20)18-4-6-22-7-5-18/h9-10H,4-8H2,1-3H3,(H,17,20)/b11-9+. The molecule has 6 nitrogen and oxygen atoms in total. The molecule has 0 radical (unpaired) electrons. The van der Waals surface area contributed by atoms with Crippen molar-refractivity contribution < 1.29 is 27.8 Å². The van der Waals surface area contributed by atoms with Crippen molar-refractivity contribution in [3.05, 3.63) is 11.8 Å². The fraction of sp³-hybridized carbons (Fsp3) is 0.714. The molecule has 8 heteroatoms. The normalized spacial score (nSPS) is 16.6. The molecule has 126 valence electrons. The molecule has 1 rings (SSSR count). The number of nitrogens with one attached hydrogen (secondary N) is 1. The van der Waals surface area contributed by atoms with Crippen LogP contribution in [0.4, 0.5) is 13.6 Å². The number of alkyl halides is 2. The number of esters is 1. The minimum Gasteiger partial charge on any atom is -0.464 e. The van der Waals surface area contributed by atoms with Crippen LogP contribution in [0.25, 0.3) is 0 Å². The molecule has 0 aromatic heterocycles. The Hall–Kier alpha value is -1.70. The molecule has 1 N–H and O–H groups in total. The van der Waals surface area contributed by atoms with Crippen molar-refractivity contribution in [2.24, 2.45) is 5.92 Å². The van der Waals surface area contributed by atoms with Crippen molar-refractivity contribution >= 4 is 12.0 Å². The molecular weight excluding hydrogens is 298 g/mol. The quantitative estimate of drug-likeness (QED) is 0.619. The van der Waals surface area contributed by atoms with Crippen LogP contribution in [0.15, 0.2) is 11.8 Å². The minimum atomic E-state index is -3.21. The summed E-state index contributed by atoms with van der Waals surface area (Å²) in [6.45, 7) is 4.70. The number of amides is 2. The smallest absolute Gasteiger partial charge is 0.354 e. The number of morpholine rings is 1. The number of nitrogens with zero attached hydrogens (tertiary/aromatic N) is 1. The van der Waals surface area contributed by atoms with Gasteiger partial charge in [-0.05, 0) is 5.92 Å². The average Bonchev–Trinajstić information content (AvgIpc) is 2.44. The first kappa shape index (κ1) is 18.3. The number of methoxy groups -OCH3 is 1. The summed E-state index contributed by atoms with van der Waals surface area (Å²) in [5, 5.41) is 2.20. The van der Waals surface area contributed by atoms with Crippen molar-refractivity contribution in [3.8, 4) is 0 Å². The van der Waals surface area contributed by atoms with Gasteiger partial charge in [-0.25, -0.2) is 18.4 Å². The number of rotatable bonds is 5. The van der Waals surface area contributed by atoms with Crippen LogP contribution < -0.4 is 5.32 Å². The molecule has 1 fully saturated rings. The summed E-state index contributed by atoms with van der Waals surface area (Å²) in [5.74, 6) is -4.49. The molecule has 0 saturated carbocycles. The number of carbonyl (C=O) groups is 2. The number of halogens is 2. The van der Waals surface area contributed by atoms with Gasteiger partial charge < -0.3 is 19.7 Å². The van der Waals surface area contributed by atoms with E-state index in [9.17, 15) is 18.4 Å². The van der Waals surface area contributed by atoms with Gasteiger partial charge in [0.15, 0.2) is 0 Å². The van der Waals surface area contributed by atoms with Gasteiger partial charge in [0.05, 0.1) is 20.3 Å². The predicted molar refractivity (Wildman–Crippen MR) is 75.4 cm³/mol. The molecule has 1 heterocycles. The first-order valence-electron chi connectivity index (χ1n) is 7.08. The van der Waals surface area contributed by atoms with Gasteiger partial charge >= 0.3 is 12.0 Å². The molecule has 1 aliphatic rings. The van der Waals surface area contributed by atoms with Crippen LogP contribution >= 0.6 is 0 Å². The zero-order valence-corrected chi connectivity index (χ0v) is 13.0. The van der Waals surface area contributed by atoms with E-state index in [0.717, 1.165) is 7.11 Å². The Morgan fingerprint density at radius 2 is 1.95 bits per heavy atom. The van der Waals surface area contributed by atoms with E-state index in [1.807, 2.05) is 0 Å². The van der Waals surface area contributed by atoms with Crippen LogP contribution in [0.3, 0.4) is 0 Å². The van der Waals surface area contributed by atoms with Crippen LogP contribution in [0, 0.1) is 5.92 Å². The third-order valence-electron chi connectivity index (χ3n) is 2.98. The molecule has 2 amide bonds. The molecule has 0 aromatic carbocycles. The highest BCUT2D eigenvalue weighted by Gasteiger charge is 2.31. The van der Waals surface area contributed by atoms with E-state index in [1.165, 1.54) is 4.90 Å². The SMILES string of the molecule is COC(=O)/C(=C\C(F)(F)CC(C)C)NC(=O)N1CCOCC1. The fourth-order valence-corrected chi connectivity index (χ4v) is 2.03. The third-order valence-corrected chi connectivity index (χ3v) is 2.98. The monoisotopic (exact) mass is 320 g/mol. The highest BCUT2D eigenvalue weighted by molar-refractivity contribution is 5.93. The van der Waals surface area contributed by atoms with Crippen molar-refractivity contribution in [2.45, 2.75) is 26.2 Å². The van der Waals surface area contributed by atoms with Gasteiger partial charge in [0, 0.05) is 25.6 Å². The summed E-state index contributed by atoms with van der Waals surface area (Å²) in [5.41, 5.74) is -0.551. The van der Waals surface area contributed by atoms with Crippen molar-refractivity contribution in [1.82, 2.24) is 10.2 Å². The molecule has 0 bridgehead atoms. The van der Waals surface area contributed by atoms with Crippen LogP contribution in [-0.4, -0.2) is 56.2 Å². The number of carbonyl (C=O) groups excluding carboxylic acids is 2. The van der Waals surface area contributed by atoms with Crippen LogP contribution in [0.1, 0.15) is 20.3 Å². The van der Waals surface area contributed by atoms with Gasteiger partial charge in [0.25, 0.3) is 5.92 Å². The Balaban J connectivity index is 2.83. The zero-order valence-electron chi connectivity index (χ0n) is 13.0. The predicted octanol–water partition coefficient (Wildman–Crippen LogP) is 1.77. The van der Waals surface area contributed by atoms with E-state index in [2.05, 4.69) is 10.1 Å². The van der Waals surface area contributed by atoms with Crippen LogP contribution in [-0.2, 0) is 14.3 Å². The lowest BCUT2D eigenvalue weighted by molar-refractivity contribution is -0.136. The Morgan fingerprint density at radius 3 is 2.45 bits per heavy atom. The number of ether oxygens (including phenoxy) is 2. The highest BCUT2D eigenvalue weighted by Crippen LogP contribution is 2.26. The summed E-state index contributed by atoms with van der Waals surface area (Å²) in [7, 11) is 1.07. The molecule has 0 aromatic rings. The van der Waals surface area contributed by atoms with Gasteiger partial charge in [-0.2, -0.15) is 0 Å². The second kappa shape index (κ2) is 8.07. The van der Waals surface area contributed by atoms with Crippen molar-refractivity contribution in [2.75, 3.05) is 33.4 Å². The molecule has 22 heavy (non-hydrogen) atoms. The zero-order chi connectivity index (χ0) is 16.8. The largest absolute Gasteiger partial charge is 0.464 e. The lowest BCUT2D eigenvalue weighted by atomic mass is 10.0. The van der Waals surface area contributed by atoms with Gasteiger partial charge in [-0.3, -0.25) is 0 Å². The van der Waals surface area contributed by atoms with Gasteiger partial charge in [0.1, 0.15) is 5.70 Å². The van der Waals surface area contributed by atoms with Gasteiger partial charge in [-0.1, -0.05) is 13.8 Å². The third kappa shape index (κ3) is 5.97. The Labute approximate surface area is 128 Å². The second-order valence-corrected chi connectivity index (χ2v) is 5.44. The van der Waals surface area contributed by atoms with Crippen LogP contribution in [0.2, 0.25) is 0 Å². The van der Waals surface area contributed by atoms with Gasteiger partial charge in [0.2, 0.25) is 0 Å². The topological polar surface area (TPSA) is 67.9 Å². The van der Waals surface area contributed by atoms with Crippen molar-refractivity contribution in [1.29, 1.82) is 0 Å². The summed E-state index contributed by atoms with van der Waals surface area (Å²) in [6, 6.07) is -0.625. The Kier molecular flexibility index (Phi) is 6.73. The lowest BCUT2D eigenvalue weighted by Crippen LogP contribution is -2.47. The number of urea groups is 1. The Bertz CT molecular complexity index is 433. The molecule has 0 unspecified atom stereocenters. The summed E-state index contributed by atoms with van der Waals surface area (Å²) < 4.78 is 37.2. The first-order valence-corrected chi connectivity index (χ1v) is 7.08. The van der Waals surface area contributed by atoms with E-state index >= 15 is 0 Å².